The van der Waals surface area contributed by atoms with Crippen LogP contribution in [0.4, 0.5) is 0 Å². The molecule has 4 aliphatic rings. The van der Waals surface area contributed by atoms with Gasteiger partial charge in [0.05, 0.1) is 6.10 Å². The Balaban J connectivity index is 0.000000757. The van der Waals surface area contributed by atoms with Crippen LogP contribution < -0.4 is 0 Å². The third-order valence-corrected chi connectivity index (χ3v) is 10.0. The largest absolute Gasteiger partial charge is 0.393 e. The molecule has 1 nitrogen and oxygen atoms in total. The van der Waals surface area contributed by atoms with Gasteiger partial charge < -0.3 is 5.11 Å². The van der Waals surface area contributed by atoms with E-state index >= 15 is 0 Å². The maximum atomic E-state index is 10.2. The molecule has 176 valence electrons. The molecule has 4 fully saturated rings. The van der Waals surface area contributed by atoms with Gasteiger partial charge in [0.2, 0.25) is 0 Å². The van der Waals surface area contributed by atoms with Crippen molar-refractivity contribution in [3.63, 3.8) is 0 Å². The van der Waals surface area contributed by atoms with Crippen molar-refractivity contribution in [3.05, 3.63) is 12.7 Å². The van der Waals surface area contributed by atoms with Crippen molar-refractivity contribution in [2.75, 3.05) is 0 Å². The minimum atomic E-state index is -0.00934. The predicted molar refractivity (Wildman–Crippen MR) is 133 cm³/mol. The second kappa shape index (κ2) is 11.5. The first-order chi connectivity index (χ1) is 14.5. The van der Waals surface area contributed by atoms with Gasteiger partial charge in [-0.3, -0.25) is 0 Å². The zero-order chi connectivity index (χ0) is 22.4. The highest BCUT2D eigenvalue weighted by Gasteiger charge is 2.59. The second-order valence-corrected chi connectivity index (χ2v) is 11.0. The Kier molecular flexibility index (Phi) is 9.98. The Morgan fingerprint density at radius 3 is 2.20 bits per heavy atom. The number of unbranched alkanes of at least 4 members (excludes halogenated alkanes) is 2. The smallest absolute Gasteiger partial charge is 0.0543 e. The normalized spacial score (nSPS) is 44.2. The zero-order valence-corrected chi connectivity index (χ0v) is 21.4. The number of hydrogen-bond donors (Lipinski definition) is 1. The zero-order valence-electron chi connectivity index (χ0n) is 21.4. The van der Waals surface area contributed by atoms with Gasteiger partial charge >= 0.3 is 0 Å². The van der Waals surface area contributed by atoms with E-state index in [1.807, 2.05) is 27.7 Å². The average molecular weight is 419 g/mol. The van der Waals surface area contributed by atoms with Crippen molar-refractivity contribution in [2.45, 2.75) is 131 Å². The molecule has 0 aliphatic heterocycles. The first kappa shape index (κ1) is 26.0. The van der Waals surface area contributed by atoms with Crippen LogP contribution in [0.2, 0.25) is 0 Å². The minimum Gasteiger partial charge on any atom is -0.393 e. The molecule has 8 unspecified atom stereocenters. The third-order valence-electron chi connectivity index (χ3n) is 10.0. The number of aliphatic hydroxyl groups excluding tert-OH is 1. The lowest BCUT2D eigenvalue weighted by Crippen LogP contribution is -2.53. The van der Waals surface area contributed by atoms with Crippen molar-refractivity contribution in [1.82, 2.24) is 0 Å². The van der Waals surface area contributed by atoms with Gasteiger partial charge in [-0.25, -0.2) is 0 Å². The summed E-state index contributed by atoms with van der Waals surface area (Å²) in [7, 11) is 0. The minimum absolute atomic E-state index is 0.00934. The number of aliphatic hydroxyl groups is 1. The van der Waals surface area contributed by atoms with Gasteiger partial charge in [-0.05, 0) is 117 Å². The summed E-state index contributed by atoms with van der Waals surface area (Å²) >= 11 is 0. The molecule has 4 aliphatic carbocycles. The van der Waals surface area contributed by atoms with Crippen molar-refractivity contribution in [1.29, 1.82) is 0 Å². The van der Waals surface area contributed by atoms with Gasteiger partial charge in [0, 0.05) is 0 Å². The lowest BCUT2D eigenvalue weighted by molar-refractivity contribution is -0.127. The van der Waals surface area contributed by atoms with E-state index in [0.717, 1.165) is 42.4 Å². The Labute approximate surface area is 189 Å². The van der Waals surface area contributed by atoms with Gasteiger partial charge in [-0.1, -0.05) is 54.0 Å². The molecule has 0 saturated heterocycles. The molecule has 0 aromatic rings. The highest BCUT2D eigenvalue weighted by molar-refractivity contribution is 5.09. The summed E-state index contributed by atoms with van der Waals surface area (Å²) in [4.78, 5) is 0. The van der Waals surface area contributed by atoms with E-state index in [4.69, 9.17) is 0 Å². The summed E-state index contributed by atoms with van der Waals surface area (Å²) < 4.78 is 0. The van der Waals surface area contributed by atoms with Crippen LogP contribution in [-0.4, -0.2) is 11.2 Å². The predicted octanol–water partition coefficient (Wildman–Crippen LogP) is 8.81. The van der Waals surface area contributed by atoms with Crippen LogP contribution in [0.5, 0.6) is 0 Å². The third kappa shape index (κ3) is 4.87. The van der Waals surface area contributed by atoms with Gasteiger partial charge in [-0.15, -0.1) is 6.58 Å². The van der Waals surface area contributed by atoms with Crippen LogP contribution in [0.3, 0.4) is 0 Å². The van der Waals surface area contributed by atoms with E-state index in [9.17, 15) is 5.11 Å². The Morgan fingerprint density at radius 1 is 0.833 bits per heavy atom. The number of fused-ring (bicyclic) bond motifs is 5. The second-order valence-electron chi connectivity index (χ2n) is 11.0. The standard InChI is InChI=1S/C25H42O.2C2H6/c1-4-5-6-7-8-18-10-12-22-21-11-9-19-17-20(26)13-15-25(19,3)23(21)14-16-24(18,22)2;2*1-2/h4,18-23,26H,1,5-17H2,2-3H3;2*1-2H3. The summed E-state index contributed by atoms with van der Waals surface area (Å²) in [6.45, 7) is 17.2. The van der Waals surface area contributed by atoms with Crippen LogP contribution in [0, 0.1) is 40.4 Å². The Hall–Kier alpha value is -0.300. The van der Waals surface area contributed by atoms with Crippen molar-refractivity contribution < 1.29 is 5.11 Å². The molecule has 0 bridgehead atoms. The molecular weight excluding hydrogens is 364 g/mol. The molecule has 4 saturated carbocycles. The monoisotopic (exact) mass is 418 g/mol. The topological polar surface area (TPSA) is 20.2 Å². The van der Waals surface area contributed by atoms with E-state index in [1.54, 1.807) is 0 Å². The molecule has 0 amide bonds. The Morgan fingerprint density at radius 2 is 1.50 bits per heavy atom. The van der Waals surface area contributed by atoms with Gasteiger partial charge in [0.25, 0.3) is 0 Å². The van der Waals surface area contributed by atoms with Crippen LogP contribution >= 0.6 is 0 Å². The fourth-order valence-electron chi connectivity index (χ4n) is 8.50. The summed E-state index contributed by atoms with van der Waals surface area (Å²) in [5.74, 6) is 4.72. The number of rotatable bonds is 5. The van der Waals surface area contributed by atoms with Crippen LogP contribution in [0.1, 0.15) is 125 Å². The maximum Gasteiger partial charge on any atom is 0.0543 e. The van der Waals surface area contributed by atoms with Crippen LogP contribution in [0.25, 0.3) is 0 Å². The van der Waals surface area contributed by atoms with E-state index in [1.165, 1.54) is 70.6 Å². The van der Waals surface area contributed by atoms with Gasteiger partial charge in [0.15, 0.2) is 0 Å². The van der Waals surface area contributed by atoms with Crippen molar-refractivity contribution >= 4 is 0 Å². The van der Waals surface area contributed by atoms with E-state index in [2.05, 4.69) is 26.5 Å². The highest BCUT2D eigenvalue weighted by Crippen LogP contribution is 2.67. The molecule has 1 N–H and O–H groups in total. The summed E-state index contributed by atoms with van der Waals surface area (Å²) in [5.41, 5.74) is 1.16. The average Bonchev–Trinajstić information content (AvgIpc) is 3.11. The fourth-order valence-corrected chi connectivity index (χ4v) is 8.50. The summed E-state index contributed by atoms with van der Waals surface area (Å²) in [6.07, 6.45) is 19.7. The number of allylic oxidation sites excluding steroid dienone is 1. The maximum absolute atomic E-state index is 10.2. The molecule has 0 heterocycles. The molecule has 0 radical (unpaired) electrons. The molecular formula is C29H54O. The van der Waals surface area contributed by atoms with E-state index < -0.39 is 0 Å². The quantitative estimate of drug-likeness (QED) is 0.349. The lowest BCUT2D eigenvalue weighted by atomic mass is 9.44. The Bertz CT molecular complexity index is 512. The fraction of sp³-hybridized carbons (Fsp3) is 0.931. The van der Waals surface area contributed by atoms with Crippen LogP contribution in [0.15, 0.2) is 12.7 Å². The van der Waals surface area contributed by atoms with Crippen LogP contribution in [-0.2, 0) is 0 Å². The molecule has 0 spiro atoms. The lowest BCUT2D eigenvalue weighted by Gasteiger charge is -2.61. The highest BCUT2D eigenvalue weighted by atomic mass is 16.3. The van der Waals surface area contributed by atoms with E-state index in [-0.39, 0.29) is 6.10 Å². The molecule has 8 atom stereocenters. The first-order valence-corrected chi connectivity index (χ1v) is 13.8. The number of hydrogen-bond acceptors (Lipinski definition) is 1. The molecule has 30 heavy (non-hydrogen) atoms. The van der Waals surface area contributed by atoms with Gasteiger partial charge in [0.1, 0.15) is 0 Å². The molecule has 1 heteroatoms. The van der Waals surface area contributed by atoms with Gasteiger partial charge in [-0.2, -0.15) is 0 Å². The first-order valence-electron chi connectivity index (χ1n) is 13.8. The molecule has 0 aromatic heterocycles. The van der Waals surface area contributed by atoms with E-state index in [0.29, 0.717) is 10.8 Å². The summed E-state index contributed by atoms with van der Waals surface area (Å²) in [6, 6.07) is 0. The van der Waals surface area contributed by atoms with Crippen molar-refractivity contribution in [2.24, 2.45) is 40.4 Å². The molecule has 4 rings (SSSR count). The van der Waals surface area contributed by atoms with Crippen molar-refractivity contribution in [3.8, 4) is 0 Å². The molecule has 0 aromatic carbocycles. The SMILES string of the molecule is C=CCCCCC1CCC2C3CCC4CC(O)CCC4(C)C3CCC12C.CC.CC. The summed E-state index contributed by atoms with van der Waals surface area (Å²) in [5, 5.41) is 10.2.